The number of hydrogen-bond donors (Lipinski definition) is 1. The van der Waals surface area contributed by atoms with Crippen LogP contribution in [0.5, 0.6) is 5.75 Å². The summed E-state index contributed by atoms with van der Waals surface area (Å²) in [4.78, 5) is 10.4. The molecule has 6 heteroatoms. The van der Waals surface area contributed by atoms with E-state index in [1.165, 1.54) is 12.1 Å². The summed E-state index contributed by atoms with van der Waals surface area (Å²) in [5.41, 5.74) is 0.696. The second-order valence-electron chi connectivity index (χ2n) is 3.03. The molecule has 3 nitrogen and oxygen atoms in total. The van der Waals surface area contributed by atoms with Crippen LogP contribution in [-0.4, -0.2) is 17.7 Å². The third-order valence-electron chi connectivity index (χ3n) is 1.85. The molecule has 0 saturated heterocycles. The minimum atomic E-state index is -2.87. The summed E-state index contributed by atoms with van der Waals surface area (Å²) in [7, 11) is 0. The van der Waals surface area contributed by atoms with Crippen molar-refractivity contribution >= 4 is 28.6 Å². The third-order valence-corrected chi connectivity index (χ3v) is 2.90. The van der Waals surface area contributed by atoms with Crippen molar-refractivity contribution in [2.24, 2.45) is 0 Å². The van der Waals surface area contributed by atoms with Crippen LogP contribution in [-0.2, 0) is 11.2 Å². The van der Waals surface area contributed by atoms with Gasteiger partial charge in [0.15, 0.2) is 0 Å². The number of ether oxygens (including phenoxy) is 1. The standard InChI is InChI=1S/C10H9F2IO3/c11-10(12)16-7-2-3-8(13)6(5-7)1-4-9(14)15/h2-3,5,10H,1,4H2,(H,14,15). The third kappa shape index (κ3) is 4.30. The average Bonchev–Trinajstić information content (AvgIpc) is 2.18. The molecule has 0 aromatic heterocycles. The fourth-order valence-electron chi connectivity index (χ4n) is 1.16. The van der Waals surface area contributed by atoms with Crippen LogP contribution in [0.1, 0.15) is 12.0 Å². The van der Waals surface area contributed by atoms with E-state index in [0.29, 0.717) is 12.0 Å². The zero-order valence-electron chi connectivity index (χ0n) is 8.12. The molecule has 1 aromatic carbocycles. The van der Waals surface area contributed by atoms with E-state index in [9.17, 15) is 13.6 Å². The summed E-state index contributed by atoms with van der Waals surface area (Å²) in [6.07, 6.45) is 0.266. The number of hydrogen-bond acceptors (Lipinski definition) is 2. The van der Waals surface area contributed by atoms with Crippen molar-refractivity contribution in [1.82, 2.24) is 0 Å². The molecule has 0 atom stereocenters. The van der Waals surface area contributed by atoms with Gasteiger partial charge in [-0.3, -0.25) is 4.79 Å². The number of carbonyl (C=O) groups is 1. The number of carboxylic acids is 1. The molecular weight excluding hydrogens is 333 g/mol. The van der Waals surface area contributed by atoms with E-state index in [-0.39, 0.29) is 12.2 Å². The number of aryl methyl sites for hydroxylation is 1. The van der Waals surface area contributed by atoms with Crippen LogP contribution >= 0.6 is 22.6 Å². The van der Waals surface area contributed by atoms with Gasteiger partial charge in [-0.05, 0) is 52.8 Å². The van der Waals surface area contributed by atoms with Crippen molar-refractivity contribution in [3.05, 3.63) is 27.3 Å². The molecule has 0 aliphatic heterocycles. The van der Waals surface area contributed by atoms with Crippen LogP contribution in [0.4, 0.5) is 8.78 Å². The molecule has 16 heavy (non-hydrogen) atoms. The van der Waals surface area contributed by atoms with Crippen molar-refractivity contribution in [2.75, 3.05) is 0 Å². The first-order valence-electron chi connectivity index (χ1n) is 4.44. The molecule has 0 spiro atoms. The Hall–Kier alpha value is -0.920. The van der Waals surface area contributed by atoms with E-state index in [2.05, 4.69) is 4.74 Å². The first-order valence-corrected chi connectivity index (χ1v) is 5.52. The topological polar surface area (TPSA) is 46.5 Å². The second kappa shape index (κ2) is 5.97. The van der Waals surface area contributed by atoms with Crippen molar-refractivity contribution in [3.8, 4) is 5.75 Å². The quantitative estimate of drug-likeness (QED) is 0.837. The molecule has 1 rings (SSSR count). The van der Waals surface area contributed by atoms with Crippen LogP contribution in [0.15, 0.2) is 18.2 Å². The Morgan fingerprint density at radius 3 is 2.75 bits per heavy atom. The molecule has 0 saturated carbocycles. The fourth-order valence-corrected chi connectivity index (χ4v) is 1.77. The van der Waals surface area contributed by atoms with Gasteiger partial charge in [0.25, 0.3) is 0 Å². The Labute approximate surface area is 105 Å². The largest absolute Gasteiger partial charge is 0.481 e. The summed E-state index contributed by atoms with van der Waals surface area (Å²) in [6.45, 7) is -2.87. The fraction of sp³-hybridized carbons (Fsp3) is 0.300. The molecule has 0 fully saturated rings. The predicted octanol–water partition coefficient (Wildman–Crippen LogP) is 2.91. The first kappa shape index (κ1) is 13.1. The lowest BCUT2D eigenvalue weighted by Gasteiger charge is -2.08. The highest BCUT2D eigenvalue weighted by atomic mass is 127. The number of aliphatic carboxylic acids is 1. The van der Waals surface area contributed by atoms with Crippen LogP contribution < -0.4 is 4.74 Å². The molecule has 0 aliphatic rings. The van der Waals surface area contributed by atoms with Crippen molar-refractivity contribution in [2.45, 2.75) is 19.5 Å². The van der Waals surface area contributed by atoms with Gasteiger partial charge in [-0.25, -0.2) is 0 Å². The summed E-state index contributed by atoms with van der Waals surface area (Å²) in [6, 6.07) is 4.49. The van der Waals surface area contributed by atoms with Crippen molar-refractivity contribution in [1.29, 1.82) is 0 Å². The second-order valence-corrected chi connectivity index (χ2v) is 4.19. The summed E-state index contributed by atoms with van der Waals surface area (Å²) in [5, 5.41) is 8.53. The van der Waals surface area contributed by atoms with Gasteiger partial charge in [0.2, 0.25) is 0 Å². The summed E-state index contributed by atoms with van der Waals surface area (Å²) >= 11 is 2.02. The van der Waals surface area contributed by atoms with Gasteiger partial charge in [0.05, 0.1) is 0 Å². The van der Waals surface area contributed by atoms with Crippen molar-refractivity contribution < 1.29 is 23.4 Å². The monoisotopic (exact) mass is 342 g/mol. The lowest BCUT2D eigenvalue weighted by molar-refractivity contribution is -0.136. The van der Waals surface area contributed by atoms with Crippen LogP contribution in [0.25, 0.3) is 0 Å². The van der Waals surface area contributed by atoms with E-state index in [1.54, 1.807) is 6.07 Å². The zero-order valence-corrected chi connectivity index (χ0v) is 10.3. The number of benzene rings is 1. The van der Waals surface area contributed by atoms with E-state index in [1.807, 2.05) is 22.6 Å². The molecule has 0 aliphatic carbocycles. The minimum Gasteiger partial charge on any atom is -0.481 e. The van der Waals surface area contributed by atoms with Gasteiger partial charge in [0.1, 0.15) is 5.75 Å². The Morgan fingerprint density at radius 2 is 2.19 bits per heavy atom. The predicted molar refractivity (Wildman–Crippen MR) is 61.7 cm³/mol. The molecule has 0 radical (unpaired) electrons. The van der Waals surface area contributed by atoms with E-state index in [4.69, 9.17) is 5.11 Å². The summed E-state index contributed by atoms with van der Waals surface area (Å²) in [5.74, 6) is -0.869. The molecule has 0 heterocycles. The molecule has 0 unspecified atom stereocenters. The SMILES string of the molecule is O=C(O)CCc1cc(OC(F)F)ccc1I. The smallest absolute Gasteiger partial charge is 0.387 e. The van der Waals surface area contributed by atoms with E-state index < -0.39 is 12.6 Å². The normalized spacial score (nSPS) is 10.5. The van der Waals surface area contributed by atoms with Gasteiger partial charge >= 0.3 is 12.6 Å². The van der Waals surface area contributed by atoms with Gasteiger partial charge in [-0.1, -0.05) is 0 Å². The molecule has 1 N–H and O–H groups in total. The number of halogens is 3. The molecule has 0 bridgehead atoms. The Balaban J connectivity index is 2.77. The van der Waals surface area contributed by atoms with Crippen molar-refractivity contribution in [3.63, 3.8) is 0 Å². The molecular formula is C10H9F2IO3. The average molecular weight is 342 g/mol. The molecule has 1 aromatic rings. The van der Waals surface area contributed by atoms with E-state index in [0.717, 1.165) is 3.57 Å². The zero-order chi connectivity index (χ0) is 12.1. The minimum absolute atomic E-state index is 0.0336. The van der Waals surface area contributed by atoms with Crippen LogP contribution in [0, 0.1) is 3.57 Å². The first-order chi connectivity index (χ1) is 7.49. The highest BCUT2D eigenvalue weighted by Gasteiger charge is 2.08. The maximum absolute atomic E-state index is 11.9. The highest BCUT2D eigenvalue weighted by molar-refractivity contribution is 14.1. The highest BCUT2D eigenvalue weighted by Crippen LogP contribution is 2.22. The molecule has 0 amide bonds. The van der Waals surface area contributed by atoms with Gasteiger partial charge in [-0.2, -0.15) is 8.78 Å². The number of alkyl halides is 2. The maximum atomic E-state index is 11.9. The van der Waals surface area contributed by atoms with Crippen LogP contribution in [0.3, 0.4) is 0 Å². The van der Waals surface area contributed by atoms with Gasteiger partial charge in [-0.15, -0.1) is 0 Å². The van der Waals surface area contributed by atoms with Gasteiger partial charge < -0.3 is 9.84 Å². The lowest BCUT2D eigenvalue weighted by Crippen LogP contribution is -2.04. The number of carboxylic acid groups (broad SMARTS) is 1. The lowest BCUT2D eigenvalue weighted by atomic mass is 10.1. The Bertz CT molecular complexity index is 382. The van der Waals surface area contributed by atoms with Crippen LogP contribution in [0.2, 0.25) is 0 Å². The Morgan fingerprint density at radius 1 is 1.50 bits per heavy atom. The maximum Gasteiger partial charge on any atom is 0.387 e. The van der Waals surface area contributed by atoms with E-state index >= 15 is 0 Å². The summed E-state index contributed by atoms with van der Waals surface area (Å²) < 4.78 is 29.0. The molecule has 88 valence electrons. The number of rotatable bonds is 5. The Kier molecular flexibility index (Phi) is 4.91. The van der Waals surface area contributed by atoms with Gasteiger partial charge in [0, 0.05) is 9.99 Å².